The summed E-state index contributed by atoms with van der Waals surface area (Å²) in [5, 5.41) is 10.2. The monoisotopic (exact) mass is 674 g/mol. The maximum atomic E-state index is 10.2. The molecule has 5 heteroatoms. The number of benzene rings is 3. The van der Waals surface area contributed by atoms with E-state index in [-0.39, 0.29) is 6.10 Å². The molecular formula is C44H66O5. The van der Waals surface area contributed by atoms with E-state index in [9.17, 15) is 5.11 Å². The van der Waals surface area contributed by atoms with Crippen LogP contribution in [0.5, 0.6) is 0 Å². The SMILES string of the molecule is CCCCCCCCCCCCCCCC(OCCCOCCOCCOC(c1ccccc1)(c1ccccc1)c1ccccc1)C(C)O. The lowest BCUT2D eigenvalue weighted by atomic mass is 9.80. The van der Waals surface area contributed by atoms with Gasteiger partial charge in [-0.1, -0.05) is 181 Å². The summed E-state index contributed by atoms with van der Waals surface area (Å²) in [6, 6.07) is 31.2. The van der Waals surface area contributed by atoms with Crippen molar-refractivity contribution in [3.05, 3.63) is 108 Å². The summed E-state index contributed by atoms with van der Waals surface area (Å²) >= 11 is 0. The summed E-state index contributed by atoms with van der Waals surface area (Å²) in [4.78, 5) is 0. The average Bonchev–Trinajstić information content (AvgIpc) is 3.14. The fourth-order valence-corrected chi connectivity index (χ4v) is 6.57. The zero-order valence-electron chi connectivity index (χ0n) is 30.7. The molecule has 0 aliphatic carbocycles. The first-order chi connectivity index (χ1) is 24.2. The minimum atomic E-state index is -0.736. The number of hydrogen-bond donors (Lipinski definition) is 1. The molecule has 3 aromatic rings. The number of aliphatic hydroxyl groups is 1. The first-order valence-corrected chi connectivity index (χ1v) is 19.4. The molecule has 0 saturated heterocycles. The Labute approximate surface area is 298 Å². The summed E-state index contributed by atoms with van der Waals surface area (Å²) in [5.41, 5.74) is 2.51. The Bertz CT molecular complexity index is 1060. The largest absolute Gasteiger partial charge is 0.391 e. The molecule has 2 atom stereocenters. The van der Waals surface area contributed by atoms with Gasteiger partial charge >= 0.3 is 0 Å². The summed E-state index contributed by atoms with van der Waals surface area (Å²) in [7, 11) is 0. The Morgan fingerprint density at radius 3 is 1.35 bits per heavy atom. The molecule has 272 valence electrons. The van der Waals surface area contributed by atoms with Crippen LogP contribution in [0.1, 0.15) is 127 Å². The Kier molecular flexibility index (Phi) is 21.9. The van der Waals surface area contributed by atoms with Crippen LogP contribution in [0.15, 0.2) is 91.0 Å². The van der Waals surface area contributed by atoms with E-state index in [0.717, 1.165) is 36.0 Å². The highest BCUT2D eigenvalue weighted by Crippen LogP contribution is 2.40. The van der Waals surface area contributed by atoms with Gasteiger partial charge in [0.25, 0.3) is 0 Å². The van der Waals surface area contributed by atoms with Crippen LogP contribution in [-0.4, -0.2) is 57.0 Å². The first kappa shape index (κ1) is 40.9. The predicted octanol–water partition coefficient (Wildman–Crippen LogP) is 10.7. The van der Waals surface area contributed by atoms with Gasteiger partial charge in [0.2, 0.25) is 0 Å². The summed E-state index contributed by atoms with van der Waals surface area (Å²) in [6.07, 6.45) is 18.7. The molecule has 0 aliphatic rings. The molecule has 0 spiro atoms. The highest BCUT2D eigenvalue weighted by Gasteiger charge is 2.37. The molecule has 0 radical (unpaired) electrons. The zero-order valence-corrected chi connectivity index (χ0v) is 30.7. The van der Waals surface area contributed by atoms with Crippen molar-refractivity contribution in [2.75, 3.05) is 39.6 Å². The molecule has 0 aliphatic heterocycles. The van der Waals surface area contributed by atoms with Crippen molar-refractivity contribution in [3.63, 3.8) is 0 Å². The number of rotatable bonds is 30. The van der Waals surface area contributed by atoms with E-state index in [0.29, 0.717) is 39.6 Å². The summed E-state index contributed by atoms with van der Waals surface area (Å²) in [5.74, 6) is 0. The number of ether oxygens (including phenoxy) is 4. The van der Waals surface area contributed by atoms with E-state index >= 15 is 0 Å². The molecule has 1 N–H and O–H groups in total. The van der Waals surface area contributed by atoms with E-state index in [2.05, 4.69) is 79.7 Å². The van der Waals surface area contributed by atoms with Crippen LogP contribution in [0, 0.1) is 0 Å². The molecule has 3 rings (SSSR count). The van der Waals surface area contributed by atoms with Gasteiger partial charge in [-0.05, 0) is 36.5 Å². The van der Waals surface area contributed by atoms with Crippen molar-refractivity contribution in [1.82, 2.24) is 0 Å². The molecule has 0 aromatic heterocycles. The molecule has 49 heavy (non-hydrogen) atoms. The maximum absolute atomic E-state index is 10.2. The van der Waals surface area contributed by atoms with Crippen molar-refractivity contribution < 1.29 is 24.1 Å². The van der Waals surface area contributed by atoms with E-state index in [1.807, 2.05) is 25.1 Å². The average molecular weight is 675 g/mol. The van der Waals surface area contributed by atoms with Crippen LogP contribution in [0.4, 0.5) is 0 Å². The third-order valence-corrected chi connectivity index (χ3v) is 9.35. The maximum Gasteiger partial charge on any atom is 0.143 e. The van der Waals surface area contributed by atoms with Crippen LogP contribution >= 0.6 is 0 Å². The Morgan fingerprint density at radius 1 is 0.490 bits per heavy atom. The van der Waals surface area contributed by atoms with E-state index in [1.54, 1.807) is 0 Å². The third-order valence-electron chi connectivity index (χ3n) is 9.35. The Hall–Kier alpha value is -2.54. The van der Waals surface area contributed by atoms with Crippen molar-refractivity contribution >= 4 is 0 Å². The molecule has 0 bridgehead atoms. The summed E-state index contributed by atoms with van der Waals surface area (Å²) < 4.78 is 24.5. The number of hydrogen-bond acceptors (Lipinski definition) is 5. The smallest absolute Gasteiger partial charge is 0.143 e. The second kappa shape index (κ2) is 26.3. The van der Waals surface area contributed by atoms with Crippen LogP contribution in [0.3, 0.4) is 0 Å². The quantitative estimate of drug-likeness (QED) is 0.0563. The van der Waals surface area contributed by atoms with Gasteiger partial charge in [-0.2, -0.15) is 0 Å². The van der Waals surface area contributed by atoms with Gasteiger partial charge in [-0.3, -0.25) is 0 Å². The molecule has 3 aromatic carbocycles. The minimum Gasteiger partial charge on any atom is -0.391 e. The molecule has 0 fully saturated rings. The first-order valence-electron chi connectivity index (χ1n) is 19.4. The molecular weight excluding hydrogens is 608 g/mol. The minimum absolute atomic E-state index is 0.0918. The highest BCUT2D eigenvalue weighted by atomic mass is 16.6. The highest BCUT2D eigenvalue weighted by molar-refractivity contribution is 5.47. The van der Waals surface area contributed by atoms with Crippen LogP contribution in [0.2, 0.25) is 0 Å². The topological polar surface area (TPSA) is 57.2 Å². The zero-order chi connectivity index (χ0) is 34.7. The van der Waals surface area contributed by atoms with Crippen LogP contribution in [-0.2, 0) is 24.5 Å². The van der Waals surface area contributed by atoms with Gasteiger partial charge in [0.15, 0.2) is 0 Å². The Balaban J connectivity index is 1.24. The number of unbranched alkanes of at least 4 members (excludes halogenated alkanes) is 12. The van der Waals surface area contributed by atoms with E-state index < -0.39 is 11.7 Å². The van der Waals surface area contributed by atoms with Gasteiger partial charge in [0, 0.05) is 13.2 Å². The van der Waals surface area contributed by atoms with Crippen molar-refractivity contribution in [2.24, 2.45) is 0 Å². The standard InChI is InChI=1S/C44H66O5/c1-3-4-5-6-7-8-9-10-11-12-13-14-24-32-43(39(2)45)48-34-25-33-46-35-36-47-37-38-49-44(40-26-18-15-19-27-40,41-28-20-16-21-29-41)42-30-22-17-23-31-42/h15-23,26-31,39,43,45H,3-14,24-25,32-38H2,1-2H3. The van der Waals surface area contributed by atoms with E-state index in [4.69, 9.17) is 18.9 Å². The van der Waals surface area contributed by atoms with E-state index in [1.165, 1.54) is 77.0 Å². The molecule has 0 amide bonds. The third kappa shape index (κ3) is 15.9. The van der Waals surface area contributed by atoms with Gasteiger partial charge in [0.05, 0.1) is 38.6 Å². The fourth-order valence-electron chi connectivity index (χ4n) is 6.57. The lowest BCUT2D eigenvalue weighted by Gasteiger charge is -2.36. The lowest BCUT2D eigenvalue weighted by molar-refractivity contribution is -0.0465. The molecule has 0 heterocycles. The normalized spacial score (nSPS) is 13.0. The molecule has 5 nitrogen and oxygen atoms in total. The van der Waals surface area contributed by atoms with Crippen LogP contribution in [0.25, 0.3) is 0 Å². The molecule has 2 unspecified atom stereocenters. The Morgan fingerprint density at radius 2 is 0.898 bits per heavy atom. The second-order valence-corrected chi connectivity index (χ2v) is 13.4. The second-order valence-electron chi connectivity index (χ2n) is 13.4. The van der Waals surface area contributed by atoms with Crippen LogP contribution < -0.4 is 0 Å². The van der Waals surface area contributed by atoms with Crippen molar-refractivity contribution in [1.29, 1.82) is 0 Å². The van der Waals surface area contributed by atoms with Crippen molar-refractivity contribution in [3.8, 4) is 0 Å². The summed E-state index contributed by atoms with van der Waals surface area (Å²) in [6.45, 7) is 7.28. The number of aliphatic hydroxyl groups excluding tert-OH is 1. The van der Waals surface area contributed by atoms with Gasteiger partial charge in [-0.15, -0.1) is 0 Å². The van der Waals surface area contributed by atoms with Gasteiger partial charge in [-0.25, -0.2) is 0 Å². The van der Waals surface area contributed by atoms with Gasteiger partial charge in [0.1, 0.15) is 5.60 Å². The van der Waals surface area contributed by atoms with Crippen molar-refractivity contribution in [2.45, 2.75) is 128 Å². The lowest BCUT2D eigenvalue weighted by Crippen LogP contribution is -2.34. The van der Waals surface area contributed by atoms with Gasteiger partial charge < -0.3 is 24.1 Å². The predicted molar refractivity (Wildman–Crippen MR) is 203 cm³/mol. The fraction of sp³-hybridized carbons (Fsp3) is 0.591. The molecule has 0 saturated carbocycles.